The van der Waals surface area contributed by atoms with Crippen molar-refractivity contribution in [2.24, 2.45) is 0 Å². The Kier molecular flexibility index (Phi) is 6.82. The number of aromatic nitrogens is 5. The van der Waals surface area contributed by atoms with E-state index in [-0.39, 0.29) is 17.2 Å². The van der Waals surface area contributed by atoms with Gasteiger partial charge in [-0.15, -0.1) is 0 Å². The van der Waals surface area contributed by atoms with Gasteiger partial charge in [-0.3, -0.25) is 4.79 Å². The minimum atomic E-state index is -3.46. The van der Waals surface area contributed by atoms with Gasteiger partial charge in [-0.25, -0.2) is 23.4 Å². The number of anilines is 3. The number of amides is 1. The van der Waals surface area contributed by atoms with Gasteiger partial charge in [0.15, 0.2) is 5.82 Å². The highest BCUT2D eigenvalue weighted by molar-refractivity contribution is 7.90. The van der Waals surface area contributed by atoms with Gasteiger partial charge in [-0.05, 0) is 39.8 Å². The molecule has 2 aliphatic rings. The Hall–Kier alpha value is -3.58. The Morgan fingerprint density at radius 1 is 1.08 bits per heavy atom. The first-order valence-corrected chi connectivity index (χ1v) is 13.8. The Morgan fingerprint density at radius 3 is 2.54 bits per heavy atom. The van der Waals surface area contributed by atoms with Crippen molar-refractivity contribution >= 4 is 33.3 Å². The summed E-state index contributed by atoms with van der Waals surface area (Å²) < 4.78 is 25.9. The smallest absolute Gasteiger partial charge is 0.257 e. The molecule has 0 unspecified atom stereocenters. The Balaban J connectivity index is 1.36. The van der Waals surface area contributed by atoms with Crippen molar-refractivity contribution < 1.29 is 13.2 Å². The number of nitrogens with zero attached hydrogens (tertiary/aromatic N) is 7. The number of nitrogens with one attached hydrogen (secondary N) is 2. The Morgan fingerprint density at radius 2 is 1.84 bits per heavy atom. The zero-order valence-electron chi connectivity index (χ0n) is 21.1. The molecule has 1 saturated heterocycles. The number of piperazine rings is 1. The zero-order chi connectivity index (χ0) is 26.2. The molecule has 196 valence electrons. The largest absolute Gasteiger partial charge is 0.382 e. The van der Waals surface area contributed by atoms with Gasteiger partial charge in [-0.1, -0.05) is 0 Å². The van der Waals surface area contributed by atoms with E-state index in [1.54, 1.807) is 24.5 Å². The van der Waals surface area contributed by atoms with Crippen LogP contribution in [0.3, 0.4) is 0 Å². The highest BCUT2D eigenvalue weighted by Gasteiger charge is 2.37. The third-order valence-corrected chi connectivity index (χ3v) is 8.34. The van der Waals surface area contributed by atoms with Gasteiger partial charge in [0, 0.05) is 50.7 Å². The van der Waals surface area contributed by atoms with Crippen molar-refractivity contribution in [1.29, 1.82) is 0 Å². The Bertz CT molecular complexity index is 1390. The van der Waals surface area contributed by atoms with E-state index in [1.807, 2.05) is 18.7 Å². The lowest BCUT2D eigenvalue weighted by atomic mass is 10.1. The predicted molar refractivity (Wildman–Crippen MR) is 140 cm³/mol. The lowest BCUT2D eigenvalue weighted by Crippen LogP contribution is -2.47. The third-order valence-electron chi connectivity index (χ3n) is 6.31. The molecule has 3 aromatic rings. The van der Waals surface area contributed by atoms with Crippen LogP contribution in [-0.4, -0.2) is 92.8 Å². The van der Waals surface area contributed by atoms with Gasteiger partial charge in [0.25, 0.3) is 15.9 Å². The molecule has 12 nitrogen and oxygen atoms in total. The van der Waals surface area contributed by atoms with Crippen LogP contribution in [-0.2, 0) is 10.0 Å². The summed E-state index contributed by atoms with van der Waals surface area (Å²) in [5.74, 6) is 1.28. The molecule has 4 heterocycles. The van der Waals surface area contributed by atoms with Gasteiger partial charge in [0.1, 0.15) is 11.6 Å². The molecule has 37 heavy (non-hydrogen) atoms. The molecule has 1 aliphatic heterocycles. The van der Waals surface area contributed by atoms with Gasteiger partial charge in [0.2, 0.25) is 0 Å². The fourth-order valence-corrected chi connectivity index (χ4v) is 5.56. The van der Waals surface area contributed by atoms with E-state index in [0.29, 0.717) is 60.2 Å². The first-order valence-electron chi connectivity index (χ1n) is 12.3. The summed E-state index contributed by atoms with van der Waals surface area (Å²) in [7, 11) is -1.41. The third kappa shape index (κ3) is 5.57. The monoisotopic (exact) mass is 525 g/mol. The second-order valence-electron chi connectivity index (χ2n) is 9.75. The maximum Gasteiger partial charge on any atom is 0.257 e. The molecular formula is C24H31N9O3S. The van der Waals surface area contributed by atoms with Crippen LogP contribution in [0.1, 0.15) is 37.0 Å². The van der Waals surface area contributed by atoms with Crippen LogP contribution in [0.5, 0.6) is 0 Å². The van der Waals surface area contributed by atoms with Crippen LogP contribution in [0, 0.1) is 0 Å². The van der Waals surface area contributed by atoms with Crippen molar-refractivity contribution in [3.63, 3.8) is 0 Å². The maximum absolute atomic E-state index is 13.2. The summed E-state index contributed by atoms with van der Waals surface area (Å²) in [5.41, 5.74) is 1.71. The predicted octanol–water partition coefficient (Wildman–Crippen LogP) is 2.03. The molecule has 0 spiro atoms. The lowest BCUT2D eigenvalue weighted by molar-refractivity contribution is 0.0664. The second kappa shape index (κ2) is 10.1. The fraction of sp³-hybridized carbons (Fsp3) is 0.458. The van der Waals surface area contributed by atoms with Gasteiger partial charge < -0.3 is 20.4 Å². The molecule has 3 aromatic heterocycles. The van der Waals surface area contributed by atoms with Gasteiger partial charge >= 0.3 is 0 Å². The molecule has 1 amide bonds. The Labute approximate surface area is 216 Å². The molecule has 2 fully saturated rings. The summed E-state index contributed by atoms with van der Waals surface area (Å²) in [6.45, 7) is 7.06. The van der Waals surface area contributed by atoms with Crippen LogP contribution in [0.25, 0.3) is 11.4 Å². The molecule has 1 aliphatic carbocycles. The molecule has 13 heteroatoms. The van der Waals surface area contributed by atoms with E-state index in [9.17, 15) is 13.2 Å². The maximum atomic E-state index is 13.2. The van der Waals surface area contributed by atoms with Crippen molar-refractivity contribution in [1.82, 2.24) is 33.9 Å². The molecule has 0 bridgehead atoms. The quantitative estimate of drug-likeness (QED) is 0.449. The molecule has 0 atom stereocenters. The first-order chi connectivity index (χ1) is 17.7. The second-order valence-corrected chi connectivity index (χ2v) is 11.8. The van der Waals surface area contributed by atoms with E-state index in [0.717, 1.165) is 17.2 Å². The average Bonchev–Trinajstić information content (AvgIpc) is 3.61. The van der Waals surface area contributed by atoms with Crippen LogP contribution >= 0.6 is 0 Å². The number of hydrogen-bond acceptors (Lipinski definition) is 10. The highest BCUT2D eigenvalue weighted by Crippen LogP contribution is 2.30. The molecular weight excluding hydrogens is 494 g/mol. The number of carbonyl (C=O) groups is 1. The number of pyridine rings is 1. The van der Waals surface area contributed by atoms with Crippen molar-refractivity contribution in [3.05, 3.63) is 42.5 Å². The van der Waals surface area contributed by atoms with Crippen molar-refractivity contribution in [2.45, 2.75) is 38.0 Å². The fourth-order valence-electron chi connectivity index (χ4n) is 4.08. The number of likely N-dealkylation sites (N-methyl/N-ethyl adjacent to an activating group) is 1. The molecule has 1 saturated carbocycles. The van der Waals surface area contributed by atoms with E-state index < -0.39 is 10.0 Å². The van der Waals surface area contributed by atoms with Crippen LogP contribution in [0.2, 0.25) is 0 Å². The average molecular weight is 526 g/mol. The lowest BCUT2D eigenvalue weighted by Gasteiger charge is -2.33. The van der Waals surface area contributed by atoms with E-state index in [1.165, 1.54) is 12.4 Å². The van der Waals surface area contributed by atoms with Crippen molar-refractivity contribution in [2.75, 3.05) is 43.9 Å². The summed E-state index contributed by atoms with van der Waals surface area (Å²) in [6, 6.07) is 3.60. The van der Waals surface area contributed by atoms with E-state index in [2.05, 4.69) is 42.6 Å². The zero-order valence-corrected chi connectivity index (χ0v) is 21.9. The summed E-state index contributed by atoms with van der Waals surface area (Å²) in [5, 5.41) is 10.2. The van der Waals surface area contributed by atoms with Gasteiger partial charge in [0.05, 0.1) is 34.5 Å². The highest BCUT2D eigenvalue weighted by atomic mass is 32.2. The van der Waals surface area contributed by atoms with E-state index in [4.69, 9.17) is 0 Å². The molecule has 5 rings (SSSR count). The minimum absolute atomic E-state index is 0.0437. The summed E-state index contributed by atoms with van der Waals surface area (Å²) in [4.78, 5) is 30.6. The molecule has 0 aromatic carbocycles. The first kappa shape index (κ1) is 25.1. The van der Waals surface area contributed by atoms with Crippen LogP contribution in [0.15, 0.2) is 36.9 Å². The summed E-state index contributed by atoms with van der Waals surface area (Å²) in [6.07, 6.45) is 7.37. The minimum Gasteiger partial charge on any atom is -0.382 e. The topological polar surface area (TPSA) is 138 Å². The summed E-state index contributed by atoms with van der Waals surface area (Å²) >= 11 is 0. The number of rotatable bonds is 8. The molecule has 2 N–H and O–H groups in total. The van der Waals surface area contributed by atoms with Crippen LogP contribution < -0.4 is 10.6 Å². The molecule has 0 radical (unpaired) electrons. The SMILES string of the molecule is CC(C)Nc1cc(Nc2ccnc(-c3cnn(S(=O)(=O)C4CC4)c3)n2)ncc1C(=O)N1CCN(C)CC1. The van der Waals surface area contributed by atoms with Gasteiger partial charge in [-0.2, -0.15) is 9.19 Å². The standard InChI is InChI=1S/C24H31N9O3S/c1-16(2)28-20-12-22(26-14-19(20)24(34)32-10-8-31(3)9-11-32)29-21-6-7-25-23(30-21)17-13-27-33(15-17)37(35,36)18-4-5-18/h6-7,12-16,18H,4-5,8-11H2,1-3H3,(H2,25,26,28,29,30). The number of carbonyl (C=O) groups excluding carboxylic acids is 1. The van der Waals surface area contributed by atoms with Crippen molar-refractivity contribution in [3.8, 4) is 11.4 Å². The normalized spacial score (nSPS) is 16.7. The van der Waals surface area contributed by atoms with Crippen LogP contribution in [0.4, 0.5) is 17.3 Å². The van der Waals surface area contributed by atoms with E-state index >= 15 is 0 Å². The number of hydrogen-bond donors (Lipinski definition) is 2.